The number of carbonyl (C=O) groups is 1. The van der Waals surface area contributed by atoms with Gasteiger partial charge in [-0.15, -0.1) is 0 Å². The fraction of sp³-hybridized carbons (Fsp3) is 0.909. The third-order valence-electron chi connectivity index (χ3n) is 2.66. The average Bonchev–Trinajstić information content (AvgIpc) is 2.67. The summed E-state index contributed by atoms with van der Waals surface area (Å²) in [6, 6.07) is 0.116. The van der Waals surface area contributed by atoms with Crippen molar-refractivity contribution in [3.63, 3.8) is 0 Å². The number of likely N-dealkylation sites (tertiary alicyclic amines) is 1. The van der Waals surface area contributed by atoms with E-state index in [0.717, 1.165) is 19.6 Å². The minimum Gasteiger partial charge on any atom is -0.468 e. The smallest absolute Gasteiger partial charge is 0.324 e. The predicted octanol–water partition coefficient (Wildman–Crippen LogP) is 0.622. The SMILES string of the molecule is COC(=O)C(CN1CCCC1)NC(C)C. The van der Waals surface area contributed by atoms with Crippen LogP contribution in [-0.2, 0) is 9.53 Å². The van der Waals surface area contributed by atoms with E-state index in [4.69, 9.17) is 4.74 Å². The lowest BCUT2D eigenvalue weighted by atomic mass is 10.2. The summed E-state index contributed by atoms with van der Waals surface area (Å²) in [7, 11) is 1.45. The highest BCUT2D eigenvalue weighted by molar-refractivity contribution is 5.76. The van der Waals surface area contributed by atoms with E-state index in [-0.39, 0.29) is 12.0 Å². The van der Waals surface area contributed by atoms with Gasteiger partial charge in [0.15, 0.2) is 0 Å². The summed E-state index contributed by atoms with van der Waals surface area (Å²) in [5.41, 5.74) is 0. The lowest BCUT2D eigenvalue weighted by Crippen LogP contribution is -2.48. The number of rotatable bonds is 5. The Hall–Kier alpha value is -0.610. The summed E-state index contributed by atoms with van der Waals surface area (Å²) in [5, 5.41) is 3.24. The van der Waals surface area contributed by atoms with E-state index in [0.29, 0.717) is 6.04 Å². The van der Waals surface area contributed by atoms with Crippen LogP contribution >= 0.6 is 0 Å². The number of ether oxygens (including phenoxy) is 1. The Bertz CT molecular complexity index is 201. The van der Waals surface area contributed by atoms with Crippen LogP contribution in [-0.4, -0.2) is 49.7 Å². The fourth-order valence-electron chi connectivity index (χ4n) is 1.96. The lowest BCUT2D eigenvalue weighted by molar-refractivity contribution is -0.143. The molecule has 0 aromatic rings. The number of carbonyl (C=O) groups excluding carboxylic acids is 1. The van der Waals surface area contributed by atoms with E-state index >= 15 is 0 Å². The summed E-state index contributed by atoms with van der Waals surface area (Å²) in [4.78, 5) is 13.8. The highest BCUT2D eigenvalue weighted by atomic mass is 16.5. The van der Waals surface area contributed by atoms with Crippen molar-refractivity contribution in [3.05, 3.63) is 0 Å². The third-order valence-corrected chi connectivity index (χ3v) is 2.66. The highest BCUT2D eigenvalue weighted by Gasteiger charge is 2.24. The Morgan fingerprint density at radius 3 is 2.47 bits per heavy atom. The number of nitrogens with zero attached hydrogens (tertiary/aromatic N) is 1. The topological polar surface area (TPSA) is 41.6 Å². The molecule has 0 radical (unpaired) electrons. The molecule has 1 fully saturated rings. The van der Waals surface area contributed by atoms with Gasteiger partial charge in [-0.2, -0.15) is 0 Å². The van der Waals surface area contributed by atoms with Crippen LogP contribution in [0.2, 0.25) is 0 Å². The van der Waals surface area contributed by atoms with E-state index in [2.05, 4.69) is 10.2 Å². The number of nitrogens with one attached hydrogen (secondary N) is 1. The van der Waals surface area contributed by atoms with Crippen molar-refractivity contribution in [1.82, 2.24) is 10.2 Å². The van der Waals surface area contributed by atoms with Gasteiger partial charge in [-0.05, 0) is 25.9 Å². The molecule has 0 saturated carbocycles. The molecule has 1 heterocycles. The summed E-state index contributed by atoms with van der Waals surface area (Å²) in [6.07, 6.45) is 2.49. The van der Waals surface area contributed by atoms with Crippen molar-refractivity contribution < 1.29 is 9.53 Å². The standard InChI is InChI=1S/C11H22N2O2/c1-9(2)12-10(11(14)15-3)8-13-6-4-5-7-13/h9-10,12H,4-8H2,1-3H3. The minimum atomic E-state index is -0.187. The molecule has 0 aliphatic carbocycles. The maximum absolute atomic E-state index is 11.5. The van der Waals surface area contributed by atoms with Gasteiger partial charge in [0.05, 0.1) is 7.11 Å². The second-order valence-corrected chi connectivity index (χ2v) is 4.40. The monoisotopic (exact) mass is 214 g/mol. The van der Waals surface area contributed by atoms with Crippen LogP contribution in [0.25, 0.3) is 0 Å². The molecular formula is C11H22N2O2. The van der Waals surface area contributed by atoms with Crippen LogP contribution in [0.5, 0.6) is 0 Å². The maximum atomic E-state index is 11.5. The first-order valence-electron chi connectivity index (χ1n) is 5.69. The van der Waals surface area contributed by atoms with Crippen molar-refractivity contribution in [2.24, 2.45) is 0 Å². The Morgan fingerprint density at radius 2 is 2.00 bits per heavy atom. The summed E-state index contributed by atoms with van der Waals surface area (Å²) in [5.74, 6) is -0.157. The van der Waals surface area contributed by atoms with Crippen LogP contribution in [0.1, 0.15) is 26.7 Å². The molecule has 1 aliphatic rings. The Balaban J connectivity index is 2.43. The second-order valence-electron chi connectivity index (χ2n) is 4.40. The number of hydrogen-bond acceptors (Lipinski definition) is 4. The average molecular weight is 214 g/mol. The lowest BCUT2D eigenvalue weighted by Gasteiger charge is -2.24. The van der Waals surface area contributed by atoms with E-state index < -0.39 is 0 Å². The summed E-state index contributed by atoms with van der Waals surface area (Å²) in [6.45, 7) is 7.06. The quantitative estimate of drug-likeness (QED) is 0.681. The van der Waals surface area contributed by atoms with Gasteiger partial charge in [-0.3, -0.25) is 4.79 Å². The molecule has 4 nitrogen and oxygen atoms in total. The van der Waals surface area contributed by atoms with Crippen LogP contribution in [0.15, 0.2) is 0 Å². The number of hydrogen-bond donors (Lipinski definition) is 1. The number of esters is 1. The molecule has 88 valence electrons. The van der Waals surface area contributed by atoms with Crippen LogP contribution in [0.3, 0.4) is 0 Å². The summed E-state index contributed by atoms with van der Waals surface area (Å²) >= 11 is 0. The highest BCUT2D eigenvalue weighted by Crippen LogP contribution is 2.08. The molecule has 0 aromatic heterocycles. The molecule has 1 N–H and O–H groups in total. The van der Waals surface area contributed by atoms with E-state index in [1.807, 2.05) is 13.8 Å². The van der Waals surface area contributed by atoms with Gasteiger partial charge in [-0.1, -0.05) is 13.8 Å². The summed E-state index contributed by atoms with van der Waals surface area (Å²) < 4.78 is 4.80. The zero-order chi connectivity index (χ0) is 11.3. The van der Waals surface area contributed by atoms with Gasteiger partial charge < -0.3 is 15.0 Å². The van der Waals surface area contributed by atoms with Gasteiger partial charge in [0.1, 0.15) is 6.04 Å². The minimum absolute atomic E-state index is 0.157. The normalized spacial score (nSPS) is 19.5. The van der Waals surface area contributed by atoms with Gasteiger partial charge in [0.2, 0.25) is 0 Å². The first-order chi connectivity index (χ1) is 7.13. The van der Waals surface area contributed by atoms with Crippen molar-refractivity contribution in [2.75, 3.05) is 26.7 Å². The number of methoxy groups -OCH3 is 1. The van der Waals surface area contributed by atoms with Crippen molar-refractivity contribution in [2.45, 2.75) is 38.8 Å². The molecule has 1 atom stereocenters. The van der Waals surface area contributed by atoms with Crippen LogP contribution < -0.4 is 5.32 Å². The first kappa shape index (κ1) is 12.5. The Kier molecular flexibility index (Phi) is 5.05. The van der Waals surface area contributed by atoms with Gasteiger partial charge in [0.25, 0.3) is 0 Å². The Labute approximate surface area is 92.0 Å². The Morgan fingerprint density at radius 1 is 1.40 bits per heavy atom. The molecule has 1 unspecified atom stereocenters. The predicted molar refractivity (Wildman–Crippen MR) is 59.7 cm³/mol. The maximum Gasteiger partial charge on any atom is 0.324 e. The first-order valence-corrected chi connectivity index (χ1v) is 5.69. The van der Waals surface area contributed by atoms with Crippen LogP contribution in [0.4, 0.5) is 0 Å². The molecule has 0 aromatic carbocycles. The molecule has 0 amide bonds. The van der Waals surface area contributed by atoms with Crippen molar-refractivity contribution >= 4 is 5.97 Å². The van der Waals surface area contributed by atoms with Gasteiger partial charge in [-0.25, -0.2) is 0 Å². The molecule has 1 aliphatic heterocycles. The molecule has 0 bridgehead atoms. The third kappa shape index (κ3) is 4.18. The second kappa shape index (κ2) is 6.08. The largest absolute Gasteiger partial charge is 0.468 e. The van der Waals surface area contributed by atoms with Gasteiger partial charge >= 0.3 is 5.97 Å². The zero-order valence-electron chi connectivity index (χ0n) is 9.95. The molecule has 0 spiro atoms. The molecule has 4 heteroatoms. The van der Waals surface area contributed by atoms with Crippen LogP contribution in [0, 0.1) is 0 Å². The van der Waals surface area contributed by atoms with E-state index in [9.17, 15) is 4.79 Å². The molecule has 15 heavy (non-hydrogen) atoms. The van der Waals surface area contributed by atoms with E-state index in [1.165, 1.54) is 20.0 Å². The molecular weight excluding hydrogens is 192 g/mol. The fourth-order valence-corrected chi connectivity index (χ4v) is 1.96. The molecule has 1 rings (SSSR count). The molecule has 1 saturated heterocycles. The van der Waals surface area contributed by atoms with Crippen molar-refractivity contribution in [3.8, 4) is 0 Å². The zero-order valence-corrected chi connectivity index (χ0v) is 9.95. The van der Waals surface area contributed by atoms with E-state index in [1.54, 1.807) is 0 Å². The van der Waals surface area contributed by atoms with Crippen molar-refractivity contribution in [1.29, 1.82) is 0 Å². The van der Waals surface area contributed by atoms with Gasteiger partial charge in [0, 0.05) is 12.6 Å².